The molecule has 0 unspecified atom stereocenters. The molecular formula is C19H21BrN4OS. The molecule has 0 spiro atoms. The van der Waals surface area contributed by atoms with E-state index < -0.39 is 0 Å². The van der Waals surface area contributed by atoms with Crippen LogP contribution in [0.4, 0.5) is 5.69 Å². The number of thioether (sulfide) groups is 1. The number of rotatable bonds is 7. The fourth-order valence-corrected chi connectivity index (χ4v) is 3.60. The van der Waals surface area contributed by atoms with Crippen LogP contribution in [0, 0.1) is 5.41 Å². The Morgan fingerprint density at radius 1 is 1.12 bits per heavy atom. The first kappa shape index (κ1) is 20.1. The van der Waals surface area contributed by atoms with E-state index in [1.165, 1.54) is 11.8 Å². The molecule has 2 aromatic rings. The summed E-state index contributed by atoms with van der Waals surface area (Å²) in [7, 11) is 3.78. The minimum atomic E-state index is 0.0111. The van der Waals surface area contributed by atoms with Crippen molar-refractivity contribution in [3.05, 3.63) is 64.8 Å². The van der Waals surface area contributed by atoms with Gasteiger partial charge in [0.15, 0.2) is 11.5 Å². The van der Waals surface area contributed by atoms with Crippen molar-refractivity contribution in [2.45, 2.75) is 0 Å². The summed E-state index contributed by atoms with van der Waals surface area (Å²) < 4.78 is 0.432. The smallest absolute Gasteiger partial charge is 0.158 e. The molecule has 0 aliphatic heterocycles. The maximum atomic E-state index is 11.2. The van der Waals surface area contributed by atoms with Gasteiger partial charge in [-0.05, 0) is 39.2 Å². The average molecular weight is 433 g/mol. The standard InChI is InChI=1S/C19H21BrN4OS/c1-23(24(2)18(17(20)12-25)13-26-19(21)22)16-10-8-15(9-11-16)14-6-4-3-5-7-14/h3-12H,13H2,1-2H3,(H3,21,22)/b18-17+. The summed E-state index contributed by atoms with van der Waals surface area (Å²) in [5.41, 5.74) is 9.44. The topological polar surface area (TPSA) is 73.4 Å². The second-order valence-electron chi connectivity index (χ2n) is 5.53. The molecule has 0 atom stereocenters. The quantitative estimate of drug-likeness (QED) is 0.227. The fourth-order valence-electron chi connectivity index (χ4n) is 2.39. The number of nitrogens with two attached hydrogens (primary N) is 1. The van der Waals surface area contributed by atoms with Gasteiger partial charge in [0, 0.05) is 19.8 Å². The highest BCUT2D eigenvalue weighted by molar-refractivity contribution is 9.12. The number of nitrogens with one attached hydrogen (secondary N) is 1. The van der Waals surface area contributed by atoms with Crippen molar-refractivity contribution in [2.24, 2.45) is 5.73 Å². The molecule has 0 saturated carbocycles. The van der Waals surface area contributed by atoms with Gasteiger partial charge < -0.3 is 5.73 Å². The summed E-state index contributed by atoms with van der Waals surface area (Å²) in [5, 5.41) is 11.2. The second-order valence-corrected chi connectivity index (χ2v) is 7.40. The molecule has 0 saturated heterocycles. The lowest BCUT2D eigenvalue weighted by molar-refractivity contribution is -0.104. The summed E-state index contributed by atoms with van der Waals surface area (Å²) in [6.07, 6.45) is 0.749. The molecule has 0 fully saturated rings. The Kier molecular flexibility index (Phi) is 7.29. The van der Waals surface area contributed by atoms with Crippen molar-refractivity contribution in [3.8, 4) is 11.1 Å². The van der Waals surface area contributed by atoms with E-state index in [0.717, 1.165) is 28.8 Å². The Balaban J connectivity index is 2.21. The fraction of sp³-hybridized carbons (Fsp3) is 0.158. The first-order chi connectivity index (χ1) is 12.4. The molecule has 2 rings (SSSR count). The molecule has 0 heterocycles. The largest absolute Gasteiger partial charge is 0.379 e. The Hall–Kier alpha value is -2.25. The Morgan fingerprint density at radius 2 is 1.69 bits per heavy atom. The predicted octanol–water partition coefficient (Wildman–Crippen LogP) is 4.07. The number of carbonyl (C=O) groups is 1. The van der Waals surface area contributed by atoms with Gasteiger partial charge >= 0.3 is 0 Å². The number of anilines is 1. The molecular weight excluding hydrogens is 412 g/mol. The Bertz CT molecular complexity index is 793. The molecule has 7 heteroatoms. The molecule has 0 aliphatic rings. The molecule has 0 aromatic heterocycles. The molecule has 3 N–H and O–H groups in total. The van der Waals surface area contributed by atoms with Crippen molar-refractivity contribution in [3.63, 3.8) is 0 Å². The van der Waals surface area contributed by atoms with E-state index in [-0.39, 0.29) is 5.17 Å². The summed E-state index contributed by atoms with van der Waals surface area (Å²) in [6, 6.07) is 18.4. The number of hydrogen-bond acceptors (Lipinski definition) is 5. The number of aldehydes is 1. The van der Waals surface area contributed by atoms with Crippen molar-refractivity contribution >= 4 is 44.8 Å². The molecule has 5 nitrogen and oxygen atoms in total. The normalized spacial score (nSPS) is 11.5. The number of allylic oxidation sites excluding steroid dienone is 1. The van der Waals surface area contributed by atoms with Gasteiger partial charge in [-0.15, -0.1) is 0 Å². The summed E-state index contributed by atoms with van der Waals surface area (Å²) in [6.45, 7) is 0. The maximum Gasteiger partial charge on any atom is 0.158 e. The van der Waals surface area contributed by atoms with Crippen LogP contribution in [-0.2, 0) is 4.79 Å². The second kappa shape index (κ2) is 9.45. The van der Waals surface area contributed by atoms with Gasteiger partial charge in [-0.1, -0.05) is 54.2 Å². The van der Waals surface area contributed by atoms with Crippen LogP contribution in [0.2, 0.25) is 0 Å². The average Bonchev–Trinajstić information content (AvgIpc) is 2.67. The lowest BCUT2D eigenvalue weighted by Crippen LogP contribution is -2.37. The number of hydrogen-bond donors (Lipinski definition) is 2. The van der Waals surface area contributed by atoms with E-state index in [1.807, 2.05) is 54.4 Å². The van der Waals surface area contributed by atoms with Gasteiger partial charge in [-0.25, -0.2) is 0 Å². The number of carbonyl (C=O) groups excluding carboxylic acids is 1. The number of halogens is 1. The third-order valence-electron chi connectivity index (χ3n) is 3.93. The van der Waals surface area contributed by atoms with Crippen LogP contribution in [0.3, 0.4) is 0 Å². The van der Waals surface area contributed by atoms with E-state index in [4.69, 9.17) is 11.1 Å². The lowest BCUT2D eigenvalue weighted by atomic mass is 10.1. The number of nitrogens with zero attached hydrogens (tertiary/aromatic N) is 2. The highest BCUT2D eigenvalue weighted by Gasteiger charge is 2.15. The zero-order valence-electron chi connectivity index (χ0n) is 14.6. The molecule has 0 aliphatic carbocycles. The zero-order valence-corrected chi connectivity index (χ0v) is 17.0. The summed E-state index contributed by atoms with van der Waals surface area (Å²) in [5.74, 6) is 0.414. The van der Waals surface area contributed by atoms with Crippen molar-refractivity contribution in [1.82, 2.24) is 5.01 Å². The highest BCUT2D eigenvalue weighted by Crippen LogP contribution is 2.26. The van der Waals surface area contributed by atoms with E-state index in [1.54, 1.807) is 0 Å². The molecule has 26 heavy (non-hydrogen) atoms. The number of amidine groups is 1. The first-order valence-electron chi connectivity index (χ1n) is 7.87. The summed E-state index contributed by atoms with van der Waals surface area (Å²) in [4.78, 5) is 11.2. The number of benzene rings is 2. The zero-order chi connectivity index (χ0) is 19.1. The SMILES string of the molecule is CN(/C(CSC(=N)N)=C(/Br)C=O)N(C)c1ccc(-c2ccccc2)cc1. The lowest BCUT2D eigenvalue weighted by Gasteiger charge is -2.34. The molecule has 136 valence electrons. The van der Waals surface area contributed by atoms with Crippen molar-refractivity contribution in [2.75, 3.05) is 24.9 Å². The molecule has 0 amide bonds. The van der Waals surface area contributed by atoms with E-state index in [2.05, 4.69) is 40.2 Å². The van der Waals surface area contributed by atoms with Crippen LogP contribution < -0.4 is 10.7 Å². The third-order valence-corrected chi connectivity index (χ3v) is 5.31. The maximum absolute atomic E-state index is 11.2. The molecule has 2 aromatic carbocycles. The number of hydrazine groups is 1. The molecule has 0 radical (unpaired) electrons. The highest BCUT2D eigenvalue weighted by atomic mass is 79.9. The predicted molar refractivity (Wildman–Crippen MR) is 114 cm³/mol. The monoisotopic (exact) mass is 432 g/mol. The Morgan fingerprint density at radius 3 is 2.23 bits per heavy atom. The van der Waals surface area contributed by atoms with Crippen LogP contribution in [0.25, 0.3) is 11.1 Å². The molecule has 0 bridgehead atoms. The Labute approximate surface area is 166 Å². The van der Waals surface area contributed by atoms with E-state index >= 15 is 0 Å². The van der Waals surface area contributed by atoms with Gasteiger partial charge in [0.05, 0.1) is 15.9 Å². The van der Waals surface area contributed by atoms with Crippen LogP contribution in [0.5, 0.6) is 0 Å². The van der Waals surface area contributed by atoms with Gasteiger partial charge in [0.2, 0.25) is 0 Å². The van der Waals surface area contributed by atoms with E-state index in [9.17, 15) is 4.79 Å². The van der Waals surface area contributed by atoms with Crippen LogP contribution >= 0.6 is 27.7 Å². The minimum absolute atomic E-state index is 0.0111. The van der Waals surface area contributed by atoms with Gasteiger partial charge in [-0.2, -0.15) is 0 Å². The van der Waals surface area contributed by atoms with Gasteiger partial charge in [0.1, 0.15) is 0 Å². The summed E-state index contributed by atoms with van der Waals surface area (Å²) >= 11 is 4.47. The van der Waals surface area contributed by atoms with Gasteiger partial charge in [-0.3, -0.25) is 20.2 Å². The van der Waals surface area contributed by atoms with Crippen LogP contribution in [0.1, 0.15) is 0 Å². The van der Waals surface area contributed by atoms with E-state index in [0.29, 0.717) is 10.2 Å². The van der Waals surface area contributed by atoms with Crippen molar-refractivity contribution < 1.29 is 4.79 Å². The van der Waals surface area contributed by atoms with Crippen LogP contribution in [-0.4, -0.2) is 36.3 Å². The third kappa shape index (κ3) is 5.12. The first-order valence-corrected chi connectivity index (χ1v) is 9.65. The van der Waals surface area contributed by atoms with Crippen molar-refractivity contribution in [1.29, 1.82) is 5.41 Å². The van der Waals surface area contributed by atoms with Crippen LogP contribution in [0.15, 0.2) is 64.8 Å². The minimum Gasteiger partial charge on any atom is -0.379 e. The van der Waals surface area contributed by atoms with Gasteiger partial charge in [0.25, 0.3) is 0 Å².